The van der Waals surface area contributed by atoms with Gasteiger partial charge in [-0.15, -0.1) is 0 Å². The molecule has 0 saturated heterocycles. The molecular formula is C68H51N5O. The average Bonchev–Trinajstić information content (AvgIpc) is 3.87. The summed E-state index contributed by atoms with van der Waals surface area (Å²) >= 11 is 0. The standard InChI is InChI=1S/C68H51N5O/c1-68(2)59-27-15-13-25-55(59)56-35-32-47(42-60(56)68)65-69-66(48-33-36-58-57-26-14-17-29-63(57)74-64(58)43-48)71-67(70-65)50-39-49(40-54(41-50)72(51-19-6-3-7-20-51)52-21-8-4-9-22-52)45-34-37-62-46(38-45)31-30-44-18-12-16-28-61(44)73(62)53-23-10-5-11-24-53/h3-43,65-66,69H,1-2H3,(H,70,71). The zero-order valence-corrected chi connectivity index (χ0v) is 41.1. The monoisotopic (exact) mass is 953 g/mol. The molecule has 2 atom stereocenters. The van der Waals surface area contributed by atoms with Gasteiger partial charge in [-0.05, 0) is 141 Å². The van der Waals surface area contributed by atoms with Crippen molar-refractivity contribution in [3.63, 3.8) is 0 Å². The lowest BCUT2D eigenvalue weighted by Gasteiger charge is -2.33. The Morgan fingerprint density at radius 3 is 1.95 bits per heavy atom. The number of fused-ring (bicyclic) bond motifs is 8. The van der Waals surface area contributed by atoms with Crippen LogP contribution in [-0.4, -0.2) is 5.84 Å². The van der Waals surface area contributed by atoms with Crippen LogP contribution in [0.3, 0.4) is 0 Å². The van der Waals surface area contributed by atoms with E-state index in [1.165, 1.54) is 22.3 Å². The maximum absolute atomic E-state index is 6.50. The van der Waals surface area contributed by atoms with Crippen LogP contribution in [0, 0.1) is 0 Å². The Kier molecular flexibility index (Phi) is 10.3. The van der Waals surface area contributed by atoms with E-state index in [4.69, 9.17) is 9.41 Å². The van der Waals surface area contributed by atoms with Gasteiger partial charge in [-0.3, -0.25) is 5.32 Å². The third kappa shape index (κ3) is 7.41. The van der Waals surface area contributed by atoms with Gasteiger partial charge >= 0.3 is 0 Å². The molecule has 6 heteroatoms. The molecule has 2 aliphatic heterocycles. The van der Waals surface area contributed by atoms with Crippen molar-refractivity contribution in [1.29, 1.82) is 0 Å². The molecule has 11 aromatic rings. The van der Waals surface area contributed by atoms with Gasteiger partial charge in [0.25, 0.3) is 0 Å². The molecule has 14 rings (SSSR count). The molecule has 0 saturated carbocycles. The van der Waals surface area contributed by atoms with E-state index in [-0.39, 0.29) is 17.7 Å². The van der Waals surface area contributed by atoms with Crippen LogP contribution in [0.25, 0.3) is 56.3 Å². The van der Waals surface area contributed by atoms with Crippen molar-refractivity contribution in [2.75, 3.05) is 9.80 Å². The second kappa shape index (κ2) is 17.5. The largest absolute Gasteiger partial charge is 0.456 e. The molecule has 1 aliphatic carbocycles. The van der Waals surface area contributed by atoms with Gasteiger partial charge in [-0.2, -0.15) is 0 Å². The summed E-state index contributed by atoms with van der Waals surface area (Å²) in [5.41, 5.74) is 20.9. The minimum atomic E-state index is -0.387. The molecule has 3 aliphatic rings. The number of furan rings is 1. The lowest BCUT2D eigenvalue weighted by atomic mass is 9.82. The summed E-state index contributed by atoms with van der Waals surface area (Å²) in [5, 5.41) is 10.1. The fourth-order valence-electron chi connectivity index (χ4n) is 11.6. The SMILES string of the molecule is CC1(C)c2ccccc2-c2ccc(C3N=C(c4cc(-c5ccc6c(c5)C=Cc5ccccc5N6c5ccccc5)cc(N(c5ccccc5)c5ccccc5)c4)NC(c4ccc5c(c4)oc4ccccc45)N3)cc21. The molecule has 1 aromatic heterocycles. The average molecular weight is 954 g/mol. The van der Waals surface area contributed by atoms with Gasteiger partial charge < -0.3 is 19.5 Å². The maximum atomic E-state index is 6.50. The number of nitrogens with one attached hydrogen (secondary N) is 2. The van der Waals surface area contributed by atoms with Crippen molar-refractivity contribution in [2.24, 2.45) is 4.99 Å². The fourth-order valence-corrected chi connectivity index (χ4v) is 11.6. The summed E-state index contributed by atoms with van der Waals surface area (Å²) in [6.45, 7) is 4.68. The Bertz CT molecular complexity index is 3990. The Morgan fingerprint density at radius 1 is 0.473 bits per heavy atom. The lowest BCUT2D eigenvalue weighted by Crippen LogP contribution is -2.45. The number of rotatable bonds is 8. The van der Waals surface area contributed by atoms with E-state index in [0.29, 0.717) is 0 Å². The zero-order chi connectivity index (χ0) is 49.3. The molecule has 6 nitrogen and oxygen atoms in total. The highest BCUT2D eigenvalue weighted by Crippen LogP contribution is 2.50. The van der Waals surface area contributed by atoms with Gasteiger partial charge in [-0.25, -0.2) is 4.99 Å². The normalized spacial score (nSPS) is 16.1. The number of aliphatic imine (C=N–C) groups is 1. The minimum absolute atomic E-state index is 0.168. The predicted octanol–water partition coefficient (Wildman–Crippen LogP) is 17.3. The third-order valence-corrected chi connectivity index (χ3v) is 15.2. The predicted molar refractivity (Wildman–Crippen MR) is 306 cm³/mol. The third-order valence-electron chi connectivity index (χ3n) is 15.2. The Labute approximate surface area is 431 Å². The molecule has 3 heterocycles. The summed E-state index contributed by atoms with van der Waals surface area (Å²) in [6.07, 6.45) is 3.79. The molecule has 0 radical (unpaired) electrons. The van der Waals surface area contributed by atoms with E-state index < -0.39 is 0 Å². The number of para-hydroxylation sites is 5. The van der Waals surface area contributed by atoms with Crippen LogP contribution in [0.5, 0.6) is 0 Å². The van der Waals surface area contributed by atoms with Crippen LogP contribution in [-0.2, 0) is 5.41 Å². The summed E-state index contributed by atoms with van der Waals surface area (Å²) in [5.74, 6) is 0.788. The molecule has 354 valence electrons. The van der Waals surface area contributed by atoms with Crippen molar-refractivity contribution in [3.8, 4) is 22.3 Å². The first-order valence-corrected chi connectivity index (χ1v) is 25.5. The van der Waals surface area contributed by atoms with E-state index >= 15 is 0 Å². The summed E-state index contributed by atoms with van der Waals surface area (Å²) in [4.78, 5) is 10.4. The van der Waals surface area contributed by atoms with Crippen LogP contribution in [0.2, 0.25) is 0 Å². The molecule has 0 spiro atoms. The zero-order valence-electron chi connectivity index (χ0n) is 41.1. The summed E-state index contributed by atoms with van der Waals surface area (Å²) in [6, 6.07) is 85.0. The first-order chi connectivity index (χ1) is 36.4. The van der Waals surface area contributed by atoms with Crippen LogP contribution in [0.15, 0.2) is 246 Å². The van der Waals surface area contributed by atoms with Crippen molar-refractivity contribution in [1.82, 2.24) is 10.6 Å². The number of nitrogens with zero attached hydrogens (tertiary/aromatic N) is 3. The van der Waals surface area contributed by atoms with Gasteiger partial charge in [0.05, 0.1) is 11.4 Å². The quantitative estimate of drug-likeness (QED) is 0.159. The van der Waals surface area contributed by atoms with Crippen LogP contribution < -0.4 is 20.4 Å². The van der Waals surface area contributed by atoms with Crippen molar-refractivity contribution >= 4 is 74.1 Å². The summed E-state index contributed by atoms with van der Waals surface area (Å²) in [7, 11) is 0. The molecule has 0 amide bonds. The molecule has 10 aromatic carbocycles. The number of anilines is 6. The minimum Gasteiger partial charge on any atom is -0.456 e. The topological polar surface area (TPSA) is 56.0 Å². The fraction of sp³-hybridized carbons (Fsp3) is 0.0735. The van der Waals surface area contributed by atoms with Gasteiger partial charge in [0.1, 0.15) is 29.3 Å². The Hall–Kier alpha value is -9.23. The van der Waals surface area contributed by atoms with Crippen molar-refractivity contribution < 1.29 is 4.42 Å². The second-order valence-corrected chi connectivity index (χ2v) is 20.1. The van der Waals surface area contributed by atoms with Crippen LogP contribution in [0.1, 0.15) is 65.1 Å². The smallest absolute Gasteiger partial charge is 0.135 e. The van der Waals surface area contributed by atoms with E-state index in [0.717, 1.165) is 101 Å². The first kappa shape index (κ1) is 43.5. The van der Waals surface area contributed by atoms with E-state index in [9.17, 15) is 0 Å². The van der Waals surface area contributed by atoms with Gasteiger partial charge in [-0.1, -0.05) is 178 Å². The lowest BCUT2D eigenvalue weighted by molar-refractivity contribution is 0.408. The van der Waals surface area contributed by atoms with Gasteiger partial charge in [0, 0.05) is 44.5 Å². The molecule has 2 unspecified atom stereocenters. The van der Waals surface area contributed by atoms with E-state index in [2.05, 4.69) is 271 Å². The highest BCUT2D eigenvalue weighted by molar-refractivity contribution is 6.06. The maximum Gasteiger partial charge on any atom is 0.135 e. The van der Waals surface area contributed by atoms with E-state index in [1.807, 2.05) is 12.1 Å². The van der Waals surface area contributed by atoms with Crippen LogP contribution >= 0.6 is 0 Å². The first-order valence-electron chi connectivity index (χ1n) is 25.5. The molecular weight excluding hydrogens is 903 g/mol. The second-order valence-electron chi connectivity index (χ2n) is 20.1. The van der Waals surface area contributed by atoms with Gasteiger partial charge in [0.2, 0.25) is 0 Å². The highest BCUT2D eigenvalue weighted by Gasteiger charge is 2.37. The highest BCUT2D eigenvalue weighted by atomic mass is 16.3. The number of benzene rings is 10. The molecule has 0 bridgehead atoms. The number of amidine groups is 1. The molecule has 0 fully saturated rings. The molecule has 2 N–H and O–H groups in total. The van der Waals surface area contributed by atoms with E-state index in [1.54, 1.807) is 0 Å². The van der Waals surface area contributed by atoms with Crippen LogP contribution in [0.4, 0.5) is 34.1 Å². The van der Waals surface area contributed by atoms with Crippen molar-refractivity contribution in [3.05, 3.63) is 276 Å². The van der Waals surface area contributed by atoms with Crippen molar-refractivity contribution in [2.45, 2.75) is 31.6 Å². The number of hydrogen-bond donors (Lipinski definition) is 2. The molecule has 74 heavy (non-hydrogen) atoms. The van der Waals surface area contributed by atoms with Gasteiger partial charge in [0.15, 0.2) is 0 Å². The Morgan fingerprint density at radius 2 is 1.12 bits per heavy atom. The summed E-state index contributed by atoms with van der Waals surface area (Å²) < 4.78 is 6.50. The number of hydrogen-bond acceptors (Lipinski definition) is 6. The Balaban J connectivity index is 0.954.